The number of hydrogen-bond acceptors (Lipinski definition) is 5. The van der Waals surface area contributed by atoms with Crippen LogP contribution in [0.3, 0.4) is 0 Å². The number of thiophene rings is 1. The van der Waals surface area contributed by atoms with Crippen molar-refractivity contribution in [2.45, 2.75) is 0 Å². The summed E-state index contributed by atoms with van der Waals surface area (Å²) in [5, 5.41) is 8.27. The van der Waals surface area contributed by atoms with E-state index in [4.69, 9.17) is 0 Å². The third kappa shape index (κ3) is 2.46. The minimum Gasteiger partial charge on any atom is -0.284 e. The molecular formula is C10H11N3OS2. The Bertz CT molecular complexity index is 476. The summed E-state index contributed by atoms with van der Waals surface area (Å²) >= 11 is 3.10. The second-order valence-corrected chi connectivity index (χ2v) is 5.02. The molecule has 0 saturated heterocycles. The molecule has 1 amide bonds. The molecule has 4 nitrogen and oxygen atoms in total. The highest BCUT2D eigenvalue weighted by Gasteiger charge is 2.12. The molecule has 6 heteroatoms. The van der Waals surface area contributed by atoms with Gasteiger partial charge in [-0.1, -0.05) is 0 Å². The Labute approximate surface area is 102 Å². The molecule has 0 radical (unpaired) electrons. The van der Waals surface area contributed by atoms with Crippen LogP contribution in [0.25, 0.3) is 10.6 Å². The summed E-state index contributed by atoms with van der Waals surface area (Å²) in [4.78, 5) is 15.9. The SMILES string of the molecule is CN(C)NC(=O)c1csc(-c2ccsc2)n1. The highest BCUT2D eigenvalue weighted by atomic mass is 32.1. The van der Waals surface area contributed by atoms with Gasteiger partial charge in [-0.3, -0.25) is 10.2 Å². The molecular weight excluding hydrogens is 242 g/mol. The largest absolute Gasteiger partial charge is 0.285 e. The maximum Gasteiger partial charge on any atom is 0.285 e. The first-order valence-corrected chi connectivity index (χ1v) is 6.45. The summed E-state index contributed by atoms with van der Waals surface area (Å²) in [5.41, 5.74) is 4.19. The van der Waals surface area contributed by atoms with Crippen molar-refractivity contribution < 1.29 is 4.79 Å². The molecule has 0 fully saturated rings. The maximum atomic E-state index is 11.6. The number of thiazole rings is 1. The van der Waals surface area contributed by atoms with E-state index in [-0.39, 0.29) is 5.91 Å². The van der Waals surface area contributed by atoms with Gasteiger partial charge in [-0.05, 0) is 11.4 Å². The Kier molecular flexibility index (Phi) is 3.33. The number of nitrogens with one attached hydrogen (secondary N) is 1. The van der Waals surface area contributed by atoms with Gasteiger partial charge in [0.1, 0.15) is 10.7 Å². The third-order valence-electron chi connectivity index (χ3n) is 1.83. The number of amides is 1. The average Bonchev–Trinajstić information content (AvgIpc) is 2.87. The number of carbonyl (C=O) groups is 1. The fourth-order valence-electron chi connectivity index (χ4n) is 1.16. The summed E-state index contributed by atoms with van der Waals surface area (Å²) in [6, 6.07) is 2.00. The number of carbonyl (C=O) groups excluding carboxylic acids is 1. The zero-order chi connectivity index (χ0) is 11.5. The van der Waals surface area contributed by atoms with Gasteiger partial charge in [0, 0.05) is 30.4 Å². The third-order valence-corrected chi connectivity index (χ3v) is 3.40. The fraction of sp³-hybridized carbons (Fsp3) is 0.200. The molecule has 0 unspecified atom stereocenters. The zero-order valence-corrected chi connectivity index (χ0v) is 10.6. The summed E-state index contributed by atoms with van der Waals surface area (Å²) < 4.78 is 0. The molecule has 0 aliphatic rings. The van der Waals surface area contributed by atoms with Crippen molar-refractivity contribution in [2.24, 2.45) is 0 Å². The standard InChI is InChI=1S/C10H11N3OS2/c1-13(2)12-9(14)8-6-16-10(11-8)7-3-4-15-5-7/h3-6H,1-2H3,(H,12,14). The van der Waals surface area contributed by atoms with Gasteiger partial charge in [-0.15, -0.1) is 11.3 Å². The highest BCUT2D eigenvalue weighted by Crippen LogP contribution is 2.25. The molecule has 0 bridgehead atoms. The van der Waals surface area contributed by atoms with Crippen LogP contribution in [0.2, 0.25) is 0 Å². The Balaban J connectivity index is 2.17. The summed E-state index contributed by atoms with van der Waals surface area (Å²) in [5.74, 6) is -0.178. The zero-order valence-electron chi connectivity index (χ0n) is 8.93. The van der Waals surface area contributed by atoms with E-state index < -0.39 is 0 Å². The molecule has 0 spiro atoms. The maximum absolute atomic E-state index is 11.6. The monoisotopic (exact) mass is 253 g/mol. The number of hydrazine groups is 1. The van der Waals surface area contributed by atoms with Gasteiger partial charge in [-0.25, -0.2) is 9.99 Å². The van der Waals surface area contributed by atoms with E-state index in [1.165, 1.54) is 11.3 Å². The van der Waals surface area contributed by atoms with Crippen LogP contribution in [0.1, 0.15) is 10.5 Å². The van der Waals surface area contributed by atoms with Gasteiger partial charge in [0.25, 0.3) is 5.91 Å². The summed E-state index contributed by atoms with van der Waals surface area (Å²) in [7, 11) is 3.54. The molecule has 16 heavy (non-hydrogen) atoms. The van der Waals surface area contributed by atoms with Crippen molar-refractivity contribution in [1.82, 2.24) is 15.4 Å². The smallest absolute Gasteiger partial charge is 0.284 e. The molecule has 2 aromatic heterocycles. The van der Waals surface area contributed by atoms with Crippen molar-refractivity contribution in [3.8, 4) is 10.6 Å². The van der Waals surface area contributed by atoms with Gasteiger partial charge in [0.15, 0.2) is 0 Å². The van der Waals surface area contributed by atoms with Crippen molar-refractivity contribution in [2.75, 3.05) is 14.1 Å². The number of nitrogens with zero attached hydrogens (tertiary/aromatic N) is 2. The van der Waals surface area contributed by atoms with E-state index in [2.05, 4.69) is 10.4 Å². The highest BCUT2D eigenvalue weighted by molar-refractivity contribution is 7.14. The van der Waals surface area contributed by atoms with E-state index in [1.807, 2.05) is 16.8 Å². The van der Waals surface area contributed by atoms with E-state index in [0.717, 1.165) is 10.6 Å². The Hall–Kier alpha value is -1.24. The molecule has 2 heterocycles. The van der Waals surface area contributed by atoms with Crippen molar-refractivity contribution in [1.29, 1.82) is 0 Å². The molecule has 1 N–H and O–H groups in total. The first kappa shape index (κ1) is 11.3. The second-order valence-electron chi connectivity index (χ2n) is 3.39. The van der Waals surface area contributed by atoms with Gasteiger partial charge in [0.2, 0.25) is 0 Å². The molecule has 0 saturated carbocycles. The Morgan fingerprint density at radius 1 is 1.44 bits per heavy atom. The second kappa shape index (κ2) is 4.73. The van der Waals surface area contributed by atoms with Crippen molar-refractivity contribution in [3.05, 3.63) is 27.9 Å². The molecule has 0 aliphatic carbocycles. The molecule has 0 aromatic carbocycles. The van der Waals surface area contributed by atoms with Crippen LogP contribution in [-0.2, 0) is 0 Å². The predicted octanol–water partition coefficient (Wildman–Crippen LogP) is 2.08. The van der Waals surface area contributed by atoms with Crippen LogP contribution in [0.5, 0.6) is 0 Å². The minimum atomic E-state index is -0.178. The summed E-state index contributed by atoms with van der Waals surface area (Å²) in [6.07, 6.45) is 0. The van der Waals surface area contributed by atoms with Crippen LogP contribution < -0.4 is 5.43 Å². The van der Waals surface area contributed by atoms with Crippen LogP contribution in [0.15, 0.2) is 22.2 Å². The molecule has 0 atom stereocenters. The normalized spacial score (nSPS) is 10.7. The fourth-order valence-corrected chi connectivity index (χ4v) is 2.67. The van der Waals surface area contributed by atoms with E-state index in [0.29, 0.717) is 5.69 Å². The topological polar surface area (TPSA) is 45.2 Å². The minimum absolute atomic E-state index is 0.178. The van der Waals surface area contributed by atoms with E-state index >= 15 is 0 Å². The summed E-state index contributed by atoms with van der Waals surface area (Å²) in [6.45, 7) is 0. The Morgan fingerprint density at radius 3 is 2.88 bits per heavy atom. The van der Waals surface area contributed by atoms with Gasteiger partial charge >= 0.3 is 0 Å². The van der Waals surface area contributed by atoms with Crippen LogP contribution >= 0.6 is 22.7 Å². The number of hydrogen-bond donors (Lipinski definition) is 1. The van der Waals surface area contributed by atoms with Crippen LogP contribution in [0, 0.1) is 0 Å². The average molecular weight is 253 g/mol. The Morgan fingerprint density at radius 2 is 2.25 bits per heavy atom. The quantitative estimate of drug-likeness (QED) is 0.852. The molecule has 84 valence electrons. The number of rotatable bonds is 3. The van der Waals surface area contributed by atoms with Crippen molar-refractivity contribution in [3.63, 3.8) is 0 Å². The lowest BCUT2D eigenvalue weighted by molar-refractivity contribution is 0.0852. The lowest BCUT2D eigenvalue weighted by atomic mass is 10.3. The first-order valence-electron chi connectivity index (χ1n) is 4.63. The van der Waals surface area contributed by atoms with Gasteiger partial charge in [-0.2, -0.15) is 11.3 Å². The first-order chi connectivity index (χ1) is 7.66. The van der Waals surface area contributed by atoms with E-state index in [1.54, 1.807) is 35.8 Å². The van der Waals surface area contributed by atoms with Crippen LogP contribution in [-0.4, -0.2) is 30.0 Å². The number of aromatic nitrogens is 1. The van der Waals surface area contributed by atoms with Crippen molar-refractivity contribution >= 4 is 28.6 Å². The molecule has 2 rings (SSSR count). The molecule has 0 aliphatic heterocycles. The molecule has 2 aromatic rings. The predicted molar refractivity (Wildman–Crippen MR) is 66.6 cm³/mol. The van der Waals surface area contributed by atoms with Crippen LogP contribution in [0.4, 0.5) is 0 Å². The van der Waals surface area contributed by atoms with Gasteiger partial charge < -0.3 is 0 Å². The lowest BCUT2D eigenvalue weighted by Crippen LogP contribution is -2.36. The van der Waals surface area contributed by atoms with E-state index in [9.17, 15) is 4.79 Å². The lowest BCUT2D eigenvalue weighted by Gasteiger charge is -2.09. The van der Waals surface area contributed by atoms with Gasteiger partial charge in [0.05, 0.1) is 0 Å².